The van der Waals surface area contributed by atoms with Crippen molar-refractivity contribution in [2.24, 2.45) is 21.5 Å². The van der Waals surface area contributed by atoms with Crippen LogP contribution in [0.1, 0.15) is 77.0 Å². The van der Waals surface area contributed by atoms with Crippen LogP contribution in [-0.2, 0) is 9.47 Å². The van der Waals surface area contributed by atoms with Gasteiger partial charge in [-0.1, -0.05) is 51.4 Å². The zero-order valence-corrected chi connectivity index (χ0v) is 17.2. The van der Waals surface area contributed by atoms with E-state index in [9.17, 15) is 0 Å². The average molecular weight is 371 g/mol. The van der Waals surface area contributed by atoms with Crippen LogP contribution in [0.2, 0.25) is 0 Å². The van der Waals surface area contributed by atoms with E-state index in [4.69, 9.17) is 20.9 Å². The Kier molecular flexibility index (Phi) is 19.3. The van der Waals surface area contributed by atoms with Gasteiger partial charge in [0, 0.05) is 27.1 Å². The fourth-order valence-electron chi connectivity index (χ4n) is 2.75. The fourth-order valence-corrected chi connectivity index (χ4v) is 2.75. The topological polar surface area (TPSA) is 95.2 Å². The van der Waals surface area contributed by atoms with Crippen molar-refractivity contribution < 1.29 is 9.47 Å². The summed E-state index contributed by atoms with van der Waals surface area (Å²) >= 11 is 0. The summed E-state index contributed by atoms with van der Waals surface area (Å²) in [6, 6.07) is 0. The molecule has 0 aromatic heterocycles. The average Bonchev–Trinajstić information content (AvgIpc) is 2.63. The molecule has 6 nitrogen and oxygen atoms in total. The lowest BCUT2D eigenvalue weighted by molar-refractivity contribution is 0.208. The SMILES string of the molecule is COCCN=C(N)CCCCCCCCCCCCC(N)=NCCOC. The van der Waals surface area contributed by atoms with Crippen molar-refractivity contribution in [1.82, 2.24) is 0 Å². The smallest absolute Gasteiger partial charge is 0.0938 e. The van der Waals surface area contributed by atoms with E-state index in [0.717, 1.165) is 37.4 Å². The second-order valence-electron chi connectivity index (χ2n) is 6.77. The lowest BCUT2D eigenvalue weighted by atomic mass is 10.0. The fraction of sp³-hybridized carbons (Fsp3) is 0.900. The molecule has 0 fully saturated rings. The van der Waals surface area contributed by atoms with E-state index in [-0.39, 0.29) is 0 Å². The zero-order valence-electron chi connectivity index (χ0n) is 17.2. The van der Waals surface area contributed by atoms with Crippen LogP contribution in [0.25, 0.3) is 0 Å². The van der Waals surface area contributed by atoms with Crippen molar-refractivity contribution in [3.8, 4) is 0 Å². The second kappa shape index (κ2) is 20.2. The molecule has 0 saturated carbocycles. The molecule has 0 saturated heterocycles. The van der Waals surface area contributed by atoms with Gasteiger partial charge in [-0.2, -0.15) is 0 Å². The van der Waals surface area contributed by atoms with Gasteiger partial charge in [0.05, 0.1) is 38.0 Å². The molecule has 0 rings (SSSR count). The van der Waals surface area contributed by atoms with Crippen LogP contribution in [-0.4, -0.2) is 52.2 Å². The second-order valence-corrected chi connectivity index (χ2v) is 6.77. The number of rotatable bonds is 19. The third kappa shape index (κ3) is 19.2. The molecule has 0 amide bonds. The Morgan fingerprint density at radius 1 is 0.577 bits per heavy atom. The van der Waals surface area contributed by atoms with Gasteiger partial charge in [0.1, 0.15) is 0 Å². The van der Waals surface area contributed by atoms with Crippen molar-refractivity contribution in [2.45, 2.75) is 77.0 Å². The van der Waals surface area contributed by atoms with Gasteiger partial charge < -0.3 is 20.9 Å². The van der Waals surface area contributed by atoms with Crippen molar-refractivity contribution in [1.29, 1.82) is 0 Å². The standard InChI is InChI=1S/C20H42N4O2/c1-25-17-15-23-19(21)13-11-9-7-5-3-4-6-8-10-12-14-20(22)24-16-18-26-2/h3-18H2,1-2H3,(H2,21,23)(H2,22,24). The molecule has 0 heterocycles. The van der Waals surface area contributed by atoms with Crippen LogP contribution < -0.4 is 11.5 Å². The van der Waals surface area contributed by atoms with E-state index in [2.05, 4.69) is 9.98 Å². The predicted molar refractivity (Wildman–Crippen MR) is 112 cm³/mol. The molecule has 0 aromatic rings. The van der Waals surface area contributed by atoms with Gasteiger partial charge in [0.2, 0.25) is 0 Å². The Morgan fingerprint density at radius 2 is 0.885 bits per heavy atom. The monoisotopic (exact) mass is 370 g/mol. The third-order valence-electron chi connectivity index (χ3n) is 4.34. The third-order valence-corrected chi connectivity index (χ3v) is 4.34. The van der Waals surface area contributed by atoms with Gasteiger partial charge in [-0.15, -0.1) is 0 Å². The number of unbranched alkanes of at least 4 members (excludes halogenated alkanes) is 9. The van der Waals surface area contributed by atoms with Gasteiger partial charge >= 0.3 is 0 Å². The van der Waals surface area contributed by atoms with Gasteiger partial charge in [-0.25, -0.2) is 0 Å². The highest BCUT2D eigenvalue weighted by atomic mass is 16.5. The van der Waals surface area contributed by atoms with Crippen LogP contribution >= 0.6 is 0 Å². The maximum atomic E-state index is 5.86. The molecule has 0 unspecified atom stereocenters. The number of hydrogen-bond donors (Lipinski definition) is 2. The Morgan fingerprint density at radius 3 is 1.19 bits per heavy atom. The van der Waals surface area contributed by atoms with Crippen molar-refractivity contribution in [2.75, 3.05) is 40.5 Å². The molecular weight excluding hydrogens is 328 g/mol. The lowest BCUT2D eigenvalue weighted by Crippen LogP contribution is -2.13. The van der Waals surface area contributed by atoms with Crippen molar-refractivity contribution >= 4 is 11.7 Å². The van der Waals surface area contributed by atoms with Crippen LogP contribution in [0.3, 0.4) is 0 Å². The maximum absolute atomic E-state index is 5.86. The normalized spacial score (nSPS) is 12.7. The Labute approximate surface area is 160 Å². The molecule has 0 aliphatic heterocycles. The first kappa shape index (κ1) is 24.9. The van der Waals surface area contributed by atoms with Crippen molar-refractivity contribution in [3.63, 3.8) is 0 Å². The minimum atomic E-state index is 0.649. The molecule has 0 aliphatic rings. The molecule has 0 aromatic carbocycles. The van der Waals surface area contributed by atoms with Crippen LogP contribution in [0, 0.1) is 0 Å². The molecule has 26 heavy (non-hydrogen) atoms. The highest BCUT2D eigenvalue weighted by Gasteiger charge is 1.97. The summed E-state index contributed by atoms with van der Waals surface area (Å²) in [5, 5.41) is 0. The number of aliphatic imine (C=N–C) groups is 2. The summed E-state index contributed by atoms with van der Waals surface area (Å²) in [5.41, 5.74) is 11.7. The summed E-state index contributed by atoms with van der Waals surface area (Å²) in [6.45, 7) is 2.65. The Hall–Kier alpha value is -1.14. The van der Waals surface area contributed by atoms with Gasteiger partial charge in [0.15, 0.2) is 0 Å². The number of nitrogens with zero attached hydrogens (tertiary/aromatic N) is 2. The Balaban J connectivity index is 3.27. The van der Waals surface area contributed by atoms with Crippen LogP contribution in [0.4, 0.5) is 0 Å². The zero-order chi connectivity index (χ0) is 19.3. The van der Waals surface area contributed by atoms with E-state index >= 15 is 0 Å². The van der Waals surface area contributed by atoms with E-state index in [1.165, 1.54) is 51.4 Å². The lowest BCUT2D eigenvalue weighted by Gasteiger charge is -2.04. The molecule has 6 heteroatoms. The largest absolute Gasteiger partial charge is 0.387 e. The molecule has 4 N–H and O–H groups in total. The Bertz CT molecular complexity index is 326. The first-order valence-electron chi connectivity index (χ1n) is 10.3. The summed E-state index contributed by atoms with van der Waals surface area (Å²) in [5.74, 6) is 1.54. The first-order chi connectivity index (χ1) is 12.7. The van der Waals surface area contributed by atoms with E-state index in [1.807, 2.05) is 0 Å². The van der Waals surface area contributed by atoms with Gasteiger partial charge in [-0.05, 0) is 12.8 Å². The van der Waals surface area contributed by atoms with E-state index < -0.39 is 0 Å². The molecule has 0 bridgehead atoms. The molecule has 0 aliphatic carbocycles. The van der Waals surface area contributed by atoms with Gasteiger partial charge in [0.25, 0.3) is 0 Å². The molecule has 0 atom stereocenters. The number of methoxy groups -OCH3 is 2. The predicted octanol–water partition coefficient (Wildman–Crippen LogP) is 3.67. The number of hydrogen-bond acceptors (Lipinski definition) is 4. The number of ether oxygens (including phenoxy) is 2. The summed E-state index contributed by atoms with van der Waals surface area (Å²) in [4.78, 5) is 8.55. The quantitative estimate of drug-likeness (QED) is 0.206. The molecule has 0 spiro atoms. The van der Waals surface area contributed by atoms with Crippen LogP contribution in [0.5, 0.6) is 0 Å². The summed E-state index contributed by atoms with van der Waals surface area (Å²) < 4.78 is 9.91. The number of nitrogens with two attached hydrogens (primary N) is 2. The minimum Gasteiger partial charge on any atom is -0.387 e. The highest BCUT2D eigenvalue weighted by molar-refractivity contribution is 5.80. The molecular formula is C20H42N4O2. The first-order valence-corrected chi connectivity index (χ1v) is 10.3. The van der Waals surface area contributed by atoms with Gasteiger partial charge in [-0.3, -0.25) is 9.98 Å². The minimum absolute atomic E-state index is 0.649. The molecule has 154 valence electrons. The summed E-state index contributed by atoms with van der Waals surface area (Å²) in [7, 11) is 3.37. The molecule has 0 radical (unpaired) electrons. The summed E-state index contributed by atoms with van der Waals surface area (Å²) in [6.07, 6.45) is 14.6. The van der Waals surface area contributed by atoms with Crippen molar-refractivity contribution in [3.05, 3.63) is 0 Å². The number of amidine groups is 2. The maximum Gasteiger partial charge on any atom is 0.0938 e. The highest BCUT2D eigenvalue weighted by Crippen LogP contribution is 2.12. The van der Waals surface area contributed by atoms with E-state index in [1.54, 1.807) is 14.2 Å². The van der Waals surface area contributed by atoms with Crippen LogP contribution in [0.15, 0.2) is 9.98 Å². The van der Waals surface area contributed by atoms with E-state index in [0.29, 0.717) is 26.3 Å².